The predicted molar refractivity (Wildman–Crippen MR) is 152 cm³/mol. The largest absolute Gasteiger partial charge is 0.344 e. The zero-order valence-electron chi connectivity index (χ0n) is 20.7. The summed E-state index contributed by atoms with van der Waals surface area (Å²) in [6.07, 6.45) is 9.94. The summed E-state index contributed by atoms with van der Waals surface area (Å²) in [5.74, 6) is 10.6. The lowest BCUT2D eigenvalue weighted by atomic mass is 9.98. The molecule has 1 aliphatic rings. The number of hydrogen-bond donors (Lipinski definition) is 4. The van der Waals surface area contributed by atoms with Gasteiger partial charge in [0.2, 0.25) is 11.8 Å². The molecule has 0 spiro atoms. The number of pyridine rings is 1. The number of rotatable bonds is 5. The number of anilines is 2. The number of nitrogens with zero attached hydrogens (tertiary/aromatic N) is 4. The van der Waals surface area contributed by atoms with E-state index in [2.05, 4.69) is 26.8 Å². The molecule has 3 aromatic rings. The molecule has 1 aromatic heterocycles. The molecular formula is C28H25ClN8O2. The molecule has 2 aromatic carbocycles. The summed E-state index contributed by atoms with van der Waals surface area (Å²) < 4.78 is 0. The maximum absolute atomic E-state index is 13.0. The van der Waals surface area contributed by atoms with E-state index in [0.29, 0.717) is 45.2 Å². The van der Waals surface area contributed by atoms with Crippen LogP contribution in [-0.2, 0) is 9.59 Å². The van der Waals surface area contributed by atoms with Crippen LogP contribution in [0.4, 0.5) is 11.4 Å². The number of benzene rings is 2. The van der Waals surface area contributed by atoms with E-state index in [0.717, 1.165) is 5.56 Å². The topological polar surface area (TPSA) is 163 Å². The van der Waals surface area contributed by atoms with Gasteiger partial charge in [-0.1, -0.05) is 23.8 Å². The maximum atomic E-state index is 13.0. The molecular weight excluding hydrogens is 516 g/mol. The van der Waals surface area contributed by atoms with Crippen LogP contribution < -0.4 is 27.3 Å². The summed E-state index contributed by atoms with van der Waals surface area (Å²) in [7, 11) is 0. The van der Waals surface area contributed by atoms with Crippen LogP contribution in [-0.4, -0.2) is 23.1 Å². The molecule has 2 bridgehead atoms. The molecule has 0 radical (unpaired) electrons. The van der Waals surface area contributed by atoms with E-state index in [1.165, 1.54) is 17.4 Å². The average Bonchev–Trinajstić information content (AvgIpc) is 2.93. The Kier molecular flexibility index (Phi) is 8.68. The first-order valence-corrected chi connectivity index (χ1v) is 12.3. The second kappa shape index (κ2) is 12.5. The summed E-state index contributed by atoms with van der Waals surface area (Å²) in [6, 6.07) is 15.3. The molecule has 39 heavy (non-hydrogen) atoms. The molecule has 0 fully saturated rings. The molecule has 0 aliphatic carbocycles. The summed E-state index contributed by atoms with van der Waals surface area (Å²) in [4.78, 5) is 30.0. The van der Waals surface area contributed by atoms with Crippen molar-refractivity contribution < 1.29 is 9.59 Å². The normalized spacial score (nSPS) is 15.9. The summed E-state index contributed by atoms with van der Waals surface area (Å²) in [6.45, 7) is 0. The highest BCUT2D eigenvalue weighted by atomic mass is 35.5. The number of carbonyl (C=O) groups excluding carboxylic acids is 2. The number of nitrogens with one attached hydrogen (secondary N) is 2. The van der Waals surface area contributed by atoms with Crippen LogP contribution in [0.3, 0.4) is 0 Å². The number of hydrazine groups is 1. The molecule has 4 rings (SSSR count). The second-order valence-electron chi connectivity index (χ2n) is 8.57. The first kappa shape index (κ1) is 27.1. The van der Waals surface area contributed by atoms with Gasteiger partial charge in [-0.05, 0) is 66.6 Å². The minimum atomic E-state index is -0.488. The molecule has 2 heterocycles. The number of hydrogen-bond acceptors (Lipinski definition) is 7. The number of aromatic nitrogens is 1. The zero-order chi connectivity index (χ0) is 27.8. The number of carbonyl (C=O) groups is 2. The van der Waals surface area contributed by atoms with Crippen LogP contribution in [0.2, 0.25) is 5.02 Å². The van der Waals surface area contributed by atoms with Gasteiger partial charge in [-0.15, -0.1) is 0 Å². The molecule has 10 nitrogen and oxygen atoms in total. The van der Waals surface area contributed by atoms with Gasteiger partial charge in [0, 0.05) is 40.5 Å². The second-order valence-corrected chi connectivity index (χ2v) is 9.01. The van der Waals surface area contributed by atoms with E-state index in [-0.39, 0.29) is 18.2 Å². The van der Waals surface area contributed by atoms with Crippen LogP contribution >= 0.6 is 11.6 Å². The van der Waals surface area contributed by atoms with E-state index in [1.807, 2.05) is 12.1 Å². The van der Waals surface area contributed by atoms with Crippen LogP contribution in [0.25, 0.3) is 17.2 Å². The maximum Gasteiger partial charge on any atom is 0.244 e. The third-order valence-corrected chi connectivity index (χ3v) is 6.14. The van der Waals surface area contributed by atoms with Crippen molar-refractivity contribution in [3.63, 3.8) is 0 Å². The highest BCUT2D eigenvalue weighted by Gasteiger charge is 2.17. The summed E-state index contributed by atoms with van der Waals surface area (Å²) in [5.41, 5.74) is 4.21. The molecule has 2 amide bonds. The lowest BCUT2D eigenvalue weighted by molar-refractivity contribution is -0.117. The van der Waals surface area contributed by atoms with Gasteiger partial charge in [0.1, 0.15) is 6.34 Å². The van der Waals surface area contributed by atoms with E-state index >= 15 is 0 Å². The van der Waals surface area contributed by atoms with Crippen LogP contribution in [0.15, 0.2) is 78.1 Å². The van der Waals surface area contributed by atoms with Crippen molar-refractivity contribution in [1.82, 2.24) is 10.3 Å². The highest BCUT2D eigenvalue weighted by Crippen LogP contribution is 2.31. The molecule has 6 N–H and O–H groups in total. The van der Waals surface area contributed by atoms with Crippen molar-refractivity contribution in [1.29, 1.82) is 5.26 Å². The number of nitriles is 1. The van der Waals surface area contributed by atoms with E-state index in [9.17, 15) is 14.9 Å². The third-order valence-electron chi connectivity index (χ3n) is 5.90. The molecule has 0 saturated carbocycles. The van der Waals surface area contributed by atoms with E-state index in [1.54, 1.807) is 60.8 Å². The van der Waals surface area contributed by atoms with E-state index in [4.69, 9.17) is 23.3 Å². The van der Waals surface area contributed by atoms with Crippen molar-refractivity contribution >= 4 is 47.2 Å². The van der Waals surface area contributed by atoms with Gasteiger partial charge in [-0.25, -0.2) is 5.84 Å². The van der Waals surface area contributed by atoms with Gasteiger partial charge in [0.05, 0.1) is 29.1 Å². The summed E-state index contributed by atoms with van der Waals surface area (Å²) in [5, 5.41) is 20.4. The number of fused-ring (bicyclic) bond motifs is 4. The molecule has 11 heteroatoms. The standard InChI is InChI=1S/C28H25ClN8O2/c29-21-7-9-26(37(32)17-34-31)20(14-21)6-10-28(39)36-24-3-1-2-4-27(38)35-23-8-5-18(16-30)13-22(23)19-11-12-33-25(24)15-19/h1-2,5-15,17,24H,3-4,31-32H2,(H,35,38)(H,36,39)/b2-1+,10-6+,34-17-/t24-/m0/s1. The Balaban J connectivity index is 1.65. The van der Waals surface area contributed by atoms with Gasteiger partial charge in [0.25, 0.3) is 0 Å². The van der Waals surface area contributed by atoms with Crippen molar-refractivity contribution in [3.05, 3.63) is 94.8 Å². The molecule has 0 unspecified atom stereocenters. The lowest BCUT2D eigenvalue weighted by Crippen LogP contribution is -2.30. The monoisotopic (exact) mass is 540 g/mol. The van der Waals surface area contributed by atoms with Crippen LogP contribution in [0, 0.1) is 11.3 Å². The van der Waals surface area contributed by atoms with Crippen LogP contribution in [0.5, 0.6) is 0 Å². The van der Waals surface area contributed by atoms with Crippen molar-refractivity contribution in [3.8, 4) is 17.2 Å². The van der Waals surface area contributed by atoms with Crippen LogP contribution in [0.1, 0.15) is 35.7 Å². The Bertz CT molecular complexity index is 1530. The highest BCUT2D eigenvalue weighted by molar-refractivity contribution is 6.30. The minimum absolute atomic E-state index is 0.153. The van der Waals surface area contributed by atoms with Crippen molar-refractivity contribution in [2.45, 2.75) is 18.9 Å². The number of hydrazone groups is 1. The first-order valence-electron chi connectivity index (χ1n) is 11.9. The smallest absolute Gasteiger partial charge is 0.244 e. The molecule has 1 atom stereocenters. The van der Waals surface area contributed by atoms with Gasteiger partial charge in [-0.2, -0.15) is 10.4 Å². The first-order chi connectivity index (χ1) is 18.9. The number of amides is 2. The average molecular weight is 541 g/mol. The van der Waals surface area contributed by atoms with Crippen molar-refractivity contribution in [2.75, 3.05) is 10.3 Å². The fourth-order valence-corrected chi connectivity index (χ4v) is 4.24. The van der Waals surface area contributed by atoms with Crippen molar-refractivity contribution in [2.24, 2.45) is 16.8 Å². The molecule has 1 aliphatic heterocycles. The fourth-order valence-electron chi connectivity index (χ4n) is 4.06. The van der Waals surface area contributed by atoms with Gasteiger partial charge in [-0.3, -0.25) is 19.6 Å². The number of nitrogens with two attached hydrogens (primary N) is 2. The van der Waals surface area contributed by atoms with Gasteiger partial charge < -0.3 is 16.5 Å². The van der Waals surface area contributed by atoms with Gasteiger partial charge >= 0.3 is 0 Å². The quantitative estimate of drug-likeness (QED) is 0.0948. The number of halogens is 1. The fraction of sp³-hybridized carbons (Fsp3) is 0.107. The summed E-state index contributed by atoms with van der Waals surface area (Å²) >= 11 is 6.15. The Hall–Kier alpha value is -4.98. The third kappa shape index (κ3) is 6.87. The SMILES string of the molecule is N#Cc1ccc2c(c1)-c1ccnc(c1)[C@@H](NC(=O)/C=C/c1cc(Cl)ccc1N(N)/C=N\N)C/C=C/CC(=O)N2. The van der Waals surface area contributed by atoms with Gasteiger partial charge in [0.15, 0.2) is 0 Å². The zero-order valence-corrected chi connectivity index (χ0v) is 21.5. The minimum Gasteiger partial charge on any atom is -0.344 e. The molecule has 0 saturated heterocycles. The Morgan fingerprint density at radius 3 is 2.87 bits per heavy atom. The molecule has 196 valence electrons. The Labute approximate surface area is 230 Å². The Morgan fingerprint density at radius 2 is 2.08 bits per heavy atom. The lowest BCUT2D eigenvalue weighted by Gasteiger charge is -2.19. The van der Waals surface area contributed by atoms with E-state index < -0.39 is 6.04 Å². The Morgan fingerprint density at radius 1 is 1.23 bits per heavy atom. The predicted octanol–water partition coefficient (Wildman–Crippen LogP) is 4.01.